The van der Waals surface area contributed by atoms with Gasteiger partial charge in [0.1, 0.15) is 5.54 Å². The minimum absolute atomic E-state index is 0.255. The van der Waals surface area contributed by atoms with Gasteiger partial charge in [0.25, 0.3) is 5.91 Å². The van der Waals surface area contributed by atoms with Crippen molar-refractivity contribution in [3.63, 3.8) is 0 Å². The van der Waals surface area contributed by atoms with E-state index in [0.29, 0.717) is 25.4 Å². The Hall–Kier alpha value is -2.41. The number of rotatable bonds is 5. The number of carbonyl (C=O) groups excluding carboxylic acids is 3. The van der Waals surface area contributed by atoms with Crippen molar-refractivity contribution in [2.24, 2.45) is 0 Å². The Morgan fingerprint density at radius 3 is 2.50 bits per heavy atom. The van der Waals surface area contributed by atoms with Gasteiger partial charge in [-0.3, -0.25) is 19.9 Å². The molecule has 1 aliphatic carbocycles. The molecule has 1 saturated carbocycles. The number of imide groups is 1. The number of urea groups is 1. The van der Waals surface area contributed by atoms with Crippen LogP contribution in [-0.4, -0.2) is 46.4 Å². The molecular formula is C23H32N4O3. The Balaban J connectivity index is 1.34. The second-order valence-corrected chi connectivity index (χ2v) is 9.11. The normalized spacial score (nSPS) is 23.8. The number of benzene rings is 1. The van der Waals surface area contributed by atoms with Crippen molar-refractivity contribution in [1.82, 2.24) is 20.7 Å². The van der Waals surface area contributed by atoms with Crippen molar-refractivity contribution < 1.29 is 14.4 Å². The highest BCUT2D eigenvalue weighted by Gasteiger charge is 2.52. The molecule has 1 aromatic carbocycles. The van der Waals surface area contributed by atoms with Gasteiger partial charge in [-0.2, -0.15) is 5.01 Å². The number of hydrazine groups is 1. The van der Waals surface area contributed by atoms with Crippen molar-refractivity contribution in [3.05, 3.63) is 34.9 Å². The van der Waals surface area contributed by atoms with Crippen LogP contribution in [0.2, 0.25) is 0 Å². The fourth-order valence-corrected chi connectivity index (χ4v) is 5.32. The summed E-state index contributed by atoms with van der Waals surface area (Å²) in [7, 11) is 0. The van der Waals surface area contributed by atoms with Gasteiger partial charge in [-0.05, 0) is 51.6 Å². The Kier molecular flexibility index (Phi) is 5.82. The predicted octanol–water partition coefficient (Wildman–Crippen LogP) is 3.12. The zero-order valence-electron chi connectivity index (χ0n) is 18.0. The number of hydrogen-bond donors (Lipinski definition) is 2. The number of carbonyl (C=O) groups is 3. The van der Waals surface area contributed by atoms with E-state index in [9.17, 15) is 14.4 Å². The zero-order chi connectivity index (χ0) is 21.3. The number of amides is 4. The number of likely N-dealkylation sites (tertiary alicyclic amines) is 1. The lowest BCUT2D eigenvalue weighted by Gasteiger charge is -2.30. The maximum Gasteiger partial charge on any atom is 0.344 e. The Morgan fingerprint density at radius 2 is 1.80 bits per heavy atom. The van der Waals surface area contributed by atoms with Gasteiger partial charge in [0.2, 0.25) is 5.91 Å². The summed E-state index contributed by atoms with van der Waals surface area (Å²) >= 11 is 0. The smallest absolute Gasteiger partial charge is 0.322 e. The lowest BCUT2D eigenvalue weighted by Crippen LogP contribution is -2.51. The van der Waals surface area contributed by atoms with E-state index in [-0.39, 0.29) is 18.2 Å². The second kappa shape index (κ2) is 8.38. The molecular weight excluding hydrogens is 380 g/mol. The van der Waals surface area contributed by atoms with Crippen molar-refractivity contribution >= 4 is 17.8 Å². The molecule has 4 rings (SSSR count). The summed E-state index contributed by atoms with van der Waals surface area (Å²) < 4.78 is 0. The Morgan fingerprint density at radius 1 is 1.10 bits per heavy atom. The number of hydrogen-bond acceptors (Lipinski definition) is 4. The first kappa shape index (κ1) is 20.8. The number of nitrogens with zero attached hydrogens (tertiary/aromatic N) is 2. The van der Waals surface area contributed by atoms with Crippen LogP contribution in [0.25, 0.3) is 0 Å². The van der Waals surface area contributed by atoms with Crippen LogP contribution in [-0.2, 0) is 9.59 Å². The van der Waals surface area contributed by atoms with Gasteiger partial charge < -0.3 is 5.32 Å². The number of aryl methyl sites for hydroxylation is 2. The van der Waals surface area contributed by atoms with Crippen molar-refractivity contribution in [1.29, 1.82) is 0 Å². The largest absolute Gasteiger partial charge is 0.344 e. The lowest BCUT2D eigenvalue weighted by atomic mass is 9.82. The van der Waals surface area contributed by atoms with Gasteiger partial charge in [0.05, 0.1) is 0 Å². The van der Waals surface area contributed by atoms with Gasteiger partial charge >= 0.3 is 6.03 Å². The second-order valence-electron chi connectivity index (χ2n) is 9.11. The predicted molar refractivity (Wildman–Crippen MR) is 113 cm³/mol. The maximum atomic E-state index is 12.8. The quantitative estimate of drug-likeness (QED) is 0.728. The first-order valence-corrected chi connectivity index (χ1v) is 11.2. The molecule has 30 heavy (non-hydrogen) atoms. The van der Waals surface area contributed by atoms with Crippen molar-refractivity contribution in [2.75, 3.05) is 13.1 Å². The molecule has 1 spiro atoms. The van der Waals surface area contributed by atoms with Crippen LogP contribution in [0.1, 0.15) is 74.1 Å². The van der Waals surface area contributed by atoms with Gasteiger partial charge in [-0.1, -0.05) is 48.6 Å². The molecule has 162 valence electrons. The molecule has 1 unspecified atom stereocenters. The average molecular weight is 413 g/mol. The third-order valence-electron chi connectivity index (χ3n) is 6.72. The van der Waals surface area contributed by atoms with Crippen molar-refractivity contribution in [3.8, 4) is 0 Å². The first-order chi connectivity index (χ1) is 14.4. The molecule has 7 heteroatoms. The minimum Gasteiger partial charge on any atom is -0.322 e. The minimum atomic E-state index is -0.814. The van der Waals surface area contributed by atoms with E-state index in [0.717, 1.165) is 43.7 Å². The summed E-state index contributed by atoms with van der Waals surface area (Å²) in [5.74, 6) is -0.604. The number of nitrogens with one attached hydrogen (secondary N) is 2. The van der Waals surface area contributed by atoms with Gasteiger partial charge in [-0.25, -0.2) is 4.79 Å². The van der Waals surface area contributed by atoms with E-state index < -0.39 is 11.6 Å². The standard InChI is InChI=1S/C23H32N4O3/c1-16-13-17(2)15-18(14-16)19-7-6-11-26(19)12-8-20(28)25-27-21(29)23(24-22(27)30)9-4-3-5-10-23/h13-15,19H,3-12H2,1-2H3,(H,24,30)(H,25,28). The van der Waals surface area contributed by atoms with Gasteiger partial charge in [0.15, 0.2) is 0 Å². The summed E-state index contributed by atoms with van der Waals surface area (Å²) in [6, 6.07) is 6.44. The molecule has 0 bridgehead atoms. The molecule has 2 saturated heterocycles. The van der Waals surface area contributed by atoms with Crippen LogP contribution >= 0.6 is 0 Å². The molecule has 1 atom stereocenters. The van der Waals surface area contributed by atoms with E-state index in [4.69, 9.17) is 0 Å². The molecule has 3 fully saturated rings. The Bertz CT molecular complexity index is 827. The van der Waals surface area contributed by atoms with E-state index in [1.165, 1.54) is 16.7 Å². The molecule has 2 aliphatic heterocycles. The summed E-state index contributed by atoms with van der Waals surface area (Å²) in [6.07, 6.45) is 6.66. The molecule has 2 N–H and O–H groups in total. The summed E-state index contributed by atoms with van der Waals surface area (Å²) in [6.45, 7) is 5.79. The summed E-state index contributed by atoms with van der Waals surface area (Å²) in [5.41, 5.74) is 5.55. The van der Waals surface area contributed by atoms with Gasteiger partial charge in [-0.15, -0.1) is 0 Å². The summed E-state index contributed by atoms with van der Waals surface area (Å²) in [5, 5.41) is 3.72. The zero-order valence-corrected chi connectivity index (χ0v) is 18.0. The molecule has 1 aromatic rings. The third kappa shape index (κ3) is 4.08. The third-order valence-corrected chi connectivity index (χ3v) is 6.72. The molecule has 0 radical (unpaired) electrons. The van der Waals surface area contributed by atoms with Crippen LogP contribution in [0.4, 0.5) is 4.79 Å². The van der Waals surface area contributed by atoms with Crippen LogP contribution < -0.4 is 10.7 Å². The van der Waals surface area contributed by atoms with Crippen LogP contribution in [0.5, 0.6) is 0 Å². The van der Waals surface area contributed by atoms with Crippen LogP contribution in [0, 0.1) is 13.8 Å². The highest BCUT2D eigenvalue weighted by atomic mass is 16.2. The monoisotopic (exact) mass is 412 g/mol. The fourth-order valence-electron chi connectivity index (χ4n) is 5.32. The first-order valence-electron chi connectivity index (χ1n) is 11.2. The highest BCUT2D eigenvalue weighted by molar-refractivity contribution is 6.08. The fraction of sp³-hybridized carbons (Fsp3) is 0.609. The molecule has 2 heterocycles. The molecule has 7 nitrogen and oxygen atoms in total. The van der Waals surface area contributed by atoms with Crippen LogP contribution in [0.3, 0.4) is 0 Å². The van der Waals surface area contributed by atoms with Crippen LogP contribution in [0.15, 0.2) is 18.2 Å². The highest BCUT2D eigenvalue weighted by Crippen LogP contribution is 2.34. The lowest BCUT2D eigenvalue weighted by molar-refractivity contribution is -0.140. The molecule has 4 amide bonds. The Labute approximate surface area is 178 Å². The van der Waals surface area contributed by atoms with E-state index in [2.05, 4.69) is 47.7 Å². The topological polar surface area (TPSA) is 81.8 Å². The van der Waals surface area contributed by atoms with E-state index >= 15 is 0 Å². The van der Waals surface area contributed by atoms with Crippen molar-refractivity contribution in [2.45, 2.75) is 76.8 Å². The molecule has 3 aliphatic rings. The average Bonchev–Trinajstić information content (AvgIpc) is 3.25. The van der Waals surface area contributed by atoms with E-state index in [1.807, 2.05) is 0 Å². The van der Waals surface area contributed by atoms with Gasteiger partial charge in [0, 0.05) is 19.0 Å². The van der Waals surface area contributed by atoms with E-state index in [1.54, 1.807) is 0 Å². The maximum absolute atomic E-state index is 12.8. The SMILES string of the molecule is Cc1cc(C)cc(C2CCCN2CCC(=O)NN2C(=O)NC3(CCCCC3)C2=O)c1. The molecule has 0 aromatic heterocycles. The summed E-state index contributed by atoms with van der Waals surface area (Å²) in [4.78, 5) is 40.0.